The van der Waals surface area contributed by atoms with E-state index in [0.29, 0.717) is 31.0 Å². The Hall–Kier alpha value is -1.93. The van der Waals surface area contributed by atoms with Crippen molar-refractivity contribution in [1.82, 2.24) is 14.1 Å². The van der Waals surface area contributed by atoms with Crippen LogP contribution in [0.5, 0.6) is 5.75 Å². The van der Waals surface area contributed by atoms with Crippen molar-refractivity contribution in [3.8, 4) is 5.75 Å². The molecule has 0 unspecified atom stereocenters. The molecule has 0 spiro atoms. The number of nitrogens with zero attached hydrogens (tertiary/aromatic N) is 3. The normalized spacial score (nSPS) is 16.0. The third-order valence-electron chi connectivity index (χ3n) is 4.63. The fourth-order valence-electron chi connectivity index (χ4n) is 3.31. The Balaban J connectivity index is 1.74. The van der Waals surface area contributed by atoms with E-state index in [0.717, 1.165) is 19.3 Å². The molecule has 1 aromatic carbocycles. The molecule has 2 heterocycles. The summed E-state index contributed by atoms with van der Waals surface area (Å²) >= 11 is 0. The molecule has 0 radical (unpaired) electrons. The second kappa shape index (κ2) is 7.75. The monoisotopic (exact) mass is 381 g/mol. The van der Waals surface area contributed by atoms with Crippen LogP contribution in [0.4, 0.5) is 4.39 Å². The van der Waals surface area contributed by atoms with E-state index in [9.17, 15) is 12.8 Å². The molecular formula is C18H24FN3O3S. The summed E-state index contributed by atoms with van der Waals surface area (Å²) in [5, 5.41) is 4.36. The van der Waals surface area contributed by atoms with Crippen LogP contribution in [0.25, 0.3) is 0 Å². The van der Waals surface area contributed by atoms with Gasteiger partial charge in [-0.2, -0.15) is 9.40 Å². The third kappa shape index (κ3) is 3.76. The standard InChI is InChI=1S/C18H24FN3O3S/c1-14-18(26(23,24)21-10-6-3-7-11-21)15(2)22(20-14)12-13-25-17-9-5-4-8-16(17)19/h4-5,8-9H,3,6-7,10-13H2,1-2H3. The first-order valence-corrected chi connectivity index (χ1v) is 10.3. The number of ether oxygens (including phenoxy) is 1. The summed E-state index contributed by atoms with van der Waals surface area (Å²) in [6, 6.07) is 6.19. The SMILES string of the molecule is Cc1nn(CCOc2ccccc2F)c(C)c1S(=O)(=O)N1CCCCC1. The van der Waals surface area contributed by atoms with Crippen LogP contribution in [0.3, 0.4) is 0 Å². The van der Waals surface area contributed by atoms with Gasteiger partial charge >= 0.3 is 0 Å². The number of hydrogen-bond donors (Lipinski definition) is 0. The van der Waals surface area contributed by atoms with E-state index >= 15 is 0 Å². The van der Waals surface area contributed by atoms with Gasteiger partial charge in [-0.25, -0.2) is 12.8 Å². The lowest BCUT2D eigenvalue weighted by Crippen LogP contribution is -2.36. The summed E-state index contributed by atoms with van der Waals surface area (Å²) in [5.74, 6) is -0.246. The van der Waals surface area contributed by atoms with Gasteiger partial charge in [-0.1, -0.05) is 18.6 Å². The highest BCUT2D eigenvalue weighted by atomic mass is 32.2. The van der Waals surface area contributed by atoms with Gasteiger partial charge in [-0.05, 0) is 38.8 Å². The van der Waals surface area contributed by atoms with Crippen LogP contribution in [-0.2, 0) is 16.6 Å². The molecule has 0 saturated carbocycles. The van der Waals surface area contributed by atoms with Crippen LogP contribution in [0.15, 0.2) is 29.2 Å². The Morgan fingerprint density at radius 3 is 2.54 bits per heavy atom. The Morgan fingerprint density at radius 1 is 1.15 bits per heavy atom. The molecule has 0 N–H and O–H groups in total. The zero-order valence-electron chi connectivity index (χ0n) is 15.1. The smallest absolute Gasteiger partial charge is 0.246 e. The van der Waals surface area contributed by atoms with E-state index in [1.54, 1.807) is 41.0 Å². The molecule has 0 aliphatic carbocycles. The molecule has 1 aromatic heterocycles. The summed E-state index contributed by atoms with van der Waals surface area (Å²) in [6.07, 6.45) is 2.85. The molecule has 1 aliphatic rings. The fourth-order valence-corrected chi connectivity index (χ4v) is 5.20. The zero-order chi connectivity index (χ0) is 18.7. The molecule has 0 amide bonds. The number of piperidine rings is 1. The Labute approximate surface area is 153 Å². The molecule has 6 nitrogen and oxygen atoms in total. The van der Waals surface area contributed by atoms with Crippen molar-refractivity contribution in [3.05, 3.63) is 41.5 Å². The number of rotatable bonds is 6. The predicted molar refractivity (Wildman–Crippen MR) is 96.2 cm³/mol. The first-order chi connectivity index (χ1) is 12.4. The summed E-state index contributed by atoms with van der Waals surface area (Å²) in [5.41, 5.74) is 1.07. The van der Waals surface area contributed by atoms with Gasteiger partial charge in [-0.3, -0.25) is 4.68 Å². The average molecular weight is 381 g/mol. The minimum Gasteiger partial charge on any atom is -0.489 e. The van der Waals surface area contributed by atoms with Crippen molar-refractivity contribution in [2.75, 3.05) is 19.7 Å². The van der Waals surface area contributed by atoms with Crippen molar-refractivity contribution in [1.29, 1.82) is 0 Å². The van der Waals surface area contributed by atoms with Crippen molar-refractivity contribution < 1.29 is 17.5 Å². The van der Waals surface area contributed by atoms with E-state index in [1.165, 1.54) is 6.07 Å². The lowest BCUT2D eigenvalue weighted by molar-refractivity contribution is 0.276. The molecule has 0 bridgehead atoms. The van der Waals surface area contributed by atoms with E-state index in [4.69, 9.17) is 4.74 Å². The molecule has 142 valence electrons. The summed E-state index contributed by atoms with van der Waals surface area (Å²) in [4.78, 5) is 0.283. The maximum atomic E-state index is 13.6. The number of aryl methyl sites for hydroxylation is 1. The minimum atomic E-state index is -3.54. The van der Waals surface area contributed by atoms with E-state index in [-0.39, 0.29) is 17.3 Å². The molecule has 0 atom stereocenters. The number of aromatic nitrogens is 2. The summed E-state index contributed by atoms with van der Waals surface area (Å²) in [7, 11) is -3.54. The number of halogens is 1. The van der Waals surface area contributed by atoms with E-state index < -0.39 is 15.8 Å². The lowest BCUT2D eigenvalue weighted by atomic mass is 10.2. The van der Waals surface area contributed by atoms with E-state index in [2.05, 4.69) is 5.10 Å². The quantitative estimate of drug-likeness (QED) is 0.772. The number of hydrogen-bond acceptors (Lipinski definition) is 4. The molecule has 2 aromatic rings. The van der Waals surface area contributed by atoms with Crippen LogP contribution < -0.4 is 4.74 Å². The summed E-state index contributed by atoms with van der Waals surface area (Å²) in [6.45, 7) is 5.12. The fraction of sp³-hybridized carbons (Fsp3) is 0.500. The van der Waals surface area contributed by atoms with Crippen LogP contribution >= 0.6 is 0 Å². The van der Waals surface area contributed by atoms with Crippen LogP contribution in [-0.4, -0.2) is 42.2 Å². The molecule has 1 saturated heterocycles. The Kier molecular flexibility index (Phi) is 5.62. The zero-order valence-corrected chi connectivity index (χ0v) is 15.9. The van der Waals surface area contributed by atoms with Gasteiger partial charge in [0, 0.05) is 13.1 Å². The van der Waals surface area contributed by atoms with Gasteiger partial charge in [0.25, 0.3) is 0 Å². The summed E-state index contributed by atoms with van der Waals surface area (Å²) < 4.78 is 48.2. The number of benzene rings is 1. The maximum absolute atomic E-state index is 13.6. The van der Waals surface area contributed by atoms with Gasteiger partial charge in [0.15, 0.2) is 11.6 Å². The first-order valence-electron chi connectivity index (χ1n) is 8.83. The number of sulfonamides is 1. The van der Waals surface area contributed by atoms with Crippen molar-refractivity contribution in [2.45, 2.75) is 44.6 Å². The Bertz CT molecular complexity index is 874. The van der Waals surface area contributed by atoms with E-state index in [1.807, 2.05) is 0 Å². The molecule has 3 rings (SSSR count). The molecular weight excluding hydrogens is 357 g/mol. The minimum absolute atomic E-state index is 0.176. The van der Waals surface area contributed by atoms with Crippen molar-refractivity contribution in [2.24, 2.45) is 0 Å². The maximum Gasteiger partial charge on any atom is 0.246 e. The van der Waals surface area contributed by atoms with Crippen molar-refractivity contribution in [3.63, 3.8) is 0 Å². The van der Waals surface area contributed by atoms with Crippen LogP contribution in [0, 0.1) is 19.7 Å². The van der Waals surface area contributed by atoms with Gasteiger partial charge in [0.05, 0.1) is 17.9 Å². The molecule has 1 aliphatic heterocycles. The molecule has 1 fully saturated rings. The Morgan fingerprint density at radius 2 is 1.85 bits per heavy atom. The third-order valence-corrected chi connectivity index (χ3v) is 6.78. The topological polar surface area (TPSA) is 64.4 Å². The molecule has 8 heteroatoms. The van der Waals surface area contributed by atoms with Gasteiger partial charge < -0.3 is 4.74 Å². The first kappa shape index (κ1) is 18.8. The lowest BCUT2D eigenvalue weighted by Gasteiger charge is -2.26. The largest absolute Gasteiger partial charge is 0.489 e. The second-order valence-corrected chi connectivity index (χ2v) is 8.34. The van der Waals surface area contributed by atoms with Gasteiger partial charge in [-0.15, -0.1) is 0 Å². The highest BCUT2D eigenvalue weighted by Gasteiger charge is 2.31. The predicted octanol–water partition coefficient (Wildman–Crippen LogP) is 2.89. The highest BCUT2D eigenvalue weighted by Crippen LogP contribution is 2.26. The highest BCUT2D eigenvalue weighted by molar-refractivity contribution is 7.89. The van der Waals surface area contributed by atoms with Gasteiger partial charge in [0.1, 0.15) is 11.5 Å². The molecule has 26 heavy (non-hydrogen) atoms. The number of para-hydroxylation sites is 1. The van der Waals surface area contributed by atoms with Crippen molar-refractivity contribution >= 4 is 10.0 Å². The van der Waals surface area contributed by atoms with Gasteiger partial charge in [0.2, 0.25) is 10.0 Å². The van der Waals surface area contributed by atoms with Crippen LogP contribution in [0.2, 0.25) is 0 Å². The van der Waals surface area contributed by atoms with Crippen LogP contribution in [0.1, 0.15) is 30.7 Å². The second-order valence-electron chi connectivity index (χ2n) is 6.47. The average Bonchev–Trinajstić information content (AvgIpc) is 2.91.